The Bertz CT molecular complexity index is 680. The summed E-state index contributed by atoms with van der Waals surface area (Å²) in [5.41, 5.74) is 0.443. The largest absolute Gasteiger partial charge is 0.325 e. The molecule has 1 amide bonds. The molecule has 1 saturated carbocycles. The predicted octanol–water partition coefficient (Wildman–Crippen LogP) is 0.0525. The third kappa shape index (κ3) is 4.51. The SMILES string of the molecule is NS(=O)(=O)c1cccc(NC(=O)CN2CCN(C3CC3)CC2)c1. The van der Waals surface area contributed by atoms with E-state index < -0.39 is 10.0 Å². The highest BCUT2D eigenvalue weighted by Crippen LogP contribution is 2.27. The number of sulfonamides is 1. The van der Waals surface area contributed by atoms with Crippen molar-refractivity contribution in [1.82, 2.24) is 9.80 Å². The van der Waals surface area contributed by atoms with Crippen LogP contribution in [0.25, 0.3) is 0 Å². The number of nitrogens with zero attached hydrogens (tertiary/aromatic N) is 2. The summed E-state index contributed by atoms with van der Waals surface area (Å²) in [6.07, 6.45) is 2.61. The van der Waals surface area contributed by atoms with Crippen molar-refractivity contribution in [2.24, 2.45) is 5.14 Å². The van der Waals surface area contributed by atoms with Gasteiger partial charge in [0, 0.05) is 37.9 Å². The van der Waals surface area contributed by atoms with Gasteiger partial charge in [-0.15, -0.1) is 0 Å². The molecule has 1 aliphatic heterocycles. The molecule has 126 valence electrons. The maximum atomic E-state index is 12.1. The maximum Gasteiger partial charge on any atom is 0.238 e. The molecule has 7 nitrogen and oxygen atoms in total. The Morgan fingerprint density at radius 3 is 2.52 bits per heavy atom. The van der Waals surface area contributed by atoms with E-state index in [1.54, 1.807) is 12.1 Å². The number of rotatable bonds is 5. The first kappa shape index (κ1) is 16.4. The first-order valence-corrected chi connectivity index (χ1v) is 9.35. The lowest BCUT2D eigenvalue weighted by Crippen LogP contribution is -2.49. The fourth-order valence-electron chi connectivity index (χ4n) is 2.88. The van der Waals surface area contributed by atoms with Gasteiger partial charge in [-0.05, 0) is 31.0 Å². The van der Waals surface area contributed by atoms with Crippen LogP contribution in [-0.2, 0) is 14.8 Å². The Balaban J connectivity index is 1.51. The molecule has 0 aromatic heterocycles. The van der Waals surface area contributed by atoms with Crippen molar-refractivity contribution in [3.8, 4) is 0 Å². The van der Waals surface area contributed by atoms with E-state index in [0.717, 1.165) is 32.2 Å². The normalized spacial score (nSPS) is 20.4. The maximum absolute atomic E-state index is 12.1. The van der Waals surface area contributed by atoms with Crippen LogP contribution in [0.2, 0.25) is 0 Å². The predicted molar refractivity (Wildman–Crippen MR) is 87.5 cm³/mol. The topological polar surface area (TPSA) is 95.7 Å². The van der Waals surface area contributed by atoms with Crippen LogP contribution in [0.1, 0.15) is 12.8 Å². The smallest absolute Gasteiger partial charge is 0.238 e. The molecule has 0 atom stereocenters. The number of carbonyl (C=O) groups excluding carboxylic acids is 1. The van der Waals surface area contributed by atoms with Gasteiger partial charge in [-0.2, -0.15) is 0 Å². The number of benzene rings is 1. The zero-order valence-corrected chi connectivity index (χ0v) is 13.8. The van der Waals surface area contributed by atoms with E-state index in [1.807, 2.05) is 0 Å². The zero-order chi connectivity index (χ0) is 16.4. The van der Waals surface area contributed by atoms with Gasteiger partial charge in [-0.25, -0.2) is 13.6 Å². The van der Waals surface area contributed by atoms with Crippen LogP contribution in [-0.4, -0.2) is 62.9 Å². The van der Waals surface area contributed by atoms with Crippen molar-refractivity contribution in [2.75, 3.05) is 38.0 Å². The van der Waals surface area contributed by atoms with Gasteiger partial charge < -0.3 is 5.32 Å². The van der Waals surface area contributed by atoms with E-state index in [1.165, 1.54) is 25.0 Å². The molecule has 0 unspecified atom stereocenters. The minimum Gasteiger partial charge on any atom is -0.325 e. The Labute approximate surface area is 136 Å². The lowest BCUT2D eigenvalue weighted by atomic mass is 10.3. The number of anilines is 1. The van der Waals surface area contributed by atoms with Crippen molar-refractivity contribution in [2.45, 2.75) is 23.8 Å². The first-order valence-electron chi connectivity index (χ1n) is 7.81. The zero-order valence-electron chi connectivity index (χ0n) is 12.9. The molecule has 2 fully saturated rings. The molecule has 1 aromatic rings. The molecule has 1 heterocycles. The molecular weight excluding hydrogens is 316 g/mol. The Morgan fingerprint density at radius 1 is 1.22 bits per heavy atom. The minimum absolute atomic E-state index is 0.00616. The number of piperazine rings is 1. The second-order valence-corrected chi connectivity index (χ2v) is 7.73. The summed E-state index contributed by atoms with van der Waals surface area (Å²) in [6.45, 7) is 4.12. The molecular formula is C15H22N4O3S. The first-order chi connectivity index (χ1) is 10.9. The lowest BCUT2D eigenvalue weighted by Gasteiger charge is -2.34. The fraction of sp³-hybridized carbons (Fsp3) is 0.533. The van der Waals surface area contributed by atoms with Crippen LogP contribution in [0, 0.1) is 0 Å². The molecule has 0 bridgehead atoms. The van der Waals surface area contributed by atoms with Gasteiger partial charge in [-0.1, -0.05) is 6.07 Å². The molecule has 8 heteroatoms. The highest BCUT2D eigenvalue weighted by Gasteiger charge is 2.31. The number of hydrogen-bond donors (Lipinski definition) is 2. The number of nitrogens with one attached hydrogen (secondary N) is 1. The molecule has 1 aromatic carbocycles. The summed E-state index contributed by atoms with van der Waals surface area (Å²) in [4.78, 5) is 16.7. The van der Waals surface area contributed by atoms with Gasteiger partial charge in [0.1, 0.15) is 0 Å². The van der Waals surface area contributed by atoms with E-state index >= 15 is 0 Å². The van der Waals surface area contributed by atoms with Crippen LogP contribution < -0.4 is 10.5 Å². The van der Waals surface area contributed by atoms with E-state index in [2.05, 4.69) is 15.1 Å². The van der Waals surface area contributed by atoms with Gasteiger partial charge in [0.05, 0.1) is 11.4 Å². The second-order valence-electron chi connectivity index (χ2n) is 6.16. The van der Waals surface area contributed by atoms with Crippen LogP contribution >= 0.6 is 0 Å². The summed E-state index contributed by atoms with van der Waals surface area (Å²) in [6, 6.07) is 6.76. The van der Waals surface area contributed by atoms with E-state index in [0.29, 0.717) is 12.2 Å². The molecule has 1 aliphatic carbocycles. The summed E-state index contributed by atoms with van der Waals surface area (Å²) >= 11 is 0. The molecule has 3 N–H and O–H groups in total. The lowest BCUT2D eigenvalue weighted by molar-refractivity contribution is -0.117. The highest BCUT2D eigenvalue weighted by molar-refractivity contribution is 7.89. The quantitative estimate of drug-likeness (QED) is 0.791. The Kier molecular flexibility index (Phi) is 4.67. The number of nitrogens with two attached hydrogens (primary N) is 1. The molecule has 2 aliphatic rings. The monoisotopic (exact) mass is 338 g/mol. The molecule has 23 heavy (non-hydrogen) atoms. The second kappa shape index (κ2) is 6.56. The molecule has 3 rings (SSSR count). The van der Waals surface area contributed by atoms with Gasteiger partial charge in [0.15, 0.2) is 0 Å². The van der Waals surface area contributed by atoms with Gasteiger partial charge >= 0.3 is 0 Å². The number of primary sulfonamides is 1. The standard InChI is InChI=1S/C15H22N4O3S/c16-23(21,22)14-3-1-2-12(10-14)17-15(20)11-18-6-8-19(9-7-18)13-4-5-13/h1-3,10,13H,4-9,11H2,(H,17,20)(H2,16,21,22). The Hall–Kier alpha value is -1.48. The van der Waals surface area contributed by atoms with E-state index in [-0.39, 0.29) is 10.8 Å². The average molecular weight is 338 g/mol. The van der Waals surface area contributed by atoms with Crippen molar-refractivity contribution >= 4 is 21.6 Å². The third-order valence-electron chi connectivity index (χ3n) is 4.28. The summed E-state index contributed by atoms with van der Waals surface area (Å²) in [7, 11) is -3.76. The summed E-state index contributed by atoms with van der Waals surface area (Å²) in [5.74, 6) is -0.142. The molecule has 0 radical (unpaired) electrons. The third-order valence-corrected chi connectivity index (χ3v) is 5.19. The van der Waals surface area contributed by atoms with Gasteiger partial charge in [0.25, 0.3) is 0 Å². The molecule has 0 spiro atoms. The van der Waals surface area contributed by atoms with Crippen LogP contribution in [0.5, 0.6) is 0 Å². The summed E-state index contributed by atoms with van der Waals surface area (Å²) < 4.78 is 22.7. The van der Waals surface area contributed by atoms with Crippen molar-refractivity contribution < 1.29 is 13.2 Å². The van der Waals surface area contributed by atoms with Crippen molar-refractivity contribution in [3.05, 3.63) is 24.3 Å². The van der Waals surface area contributed by atoms with Crippen LogP contribution in [0.3, 0.4) is 0 Å². The van der Waals surface area contributed by atoms with Gasteiger partial charge in [0.2, 0.25) is 15.9 Å². The Morgan fingerprint density at radius 2 is 1.91 bits per heavy atom. The summed E-state index contributed by atoms with van der Waals surface area (Å²) in [5, 5.41) is 7.83. The van der Waals surface area contributed by atoms with Crippen molar-refractivity contribution in [1.29, 1.82) is 0 Å². The number of hydrogen-bond acceptors (Lipinski definition) is 5. The molecule has 1 saturated heterocycles. The van der Waals surface area contributed by atoms with E-state index in [4.69, 9.17) is 5.14 Å². The average Bonchev–Trinajstić information content (AvgIpc) is 3.32. The fourth-order valence-corrected chi connectivity index (χ4v) is 3.44. The minimum atomic E-state index is -3.76. The number of amides is 1. The van der Waals surface area contributed by atoms with Gasteiger partial charge in [-0.3, -0.25) is 14.6 Å². The van der Waals surface area contributed by atoms with Crippen molar-refractivity contribution in [3.63, 3.8) is 0 Å². The van der Waals surface area contributed by atoms with Crippen LogP contribution in [0.15, 0.2) is 29.2 Å². The van der Waals surface area contributed by atoms with E-state index in [9.17, 15) is 13.2 Å². The van der Waals surface area contributed by atoms with Crippen LogP contribution in [0.4, 0.5) is 5.69 Å². The highest BCUT2D eigenvalue weighted by atomic mass is 32.2. The number of carbonyl (C=O) groups is 1.